The van der Waals surface area contributed by atoms with Crippen molar-refractivity contribution in [1.29, 1.82) is 0 Å². The van der Waals surface area contributed by atoms with Crippen LogP contribution in [0.5, 0.6) is 0 Å². The van der Waals surface area contributed by atoms with E-state index < -0.39 is 17.7 Å². The van der Waals surface area contributed by atoms with Crippen molar-refractivity contribution >= 4 is 17.4 Å². The Hall–Kier alpha value is -2.92. The Morgan fingerprint density at radius 2 is 1.83 bits per heavy atom. The maximum Gasteiger partial charge on any atom is 0.295 e. The van der Waals surface area contributed by atoms with Gasteiger partial charge in [-0.1, -0.05) is 36.4 Å². The monoisotopic (exact) mass is 405 g/mol. The van der Waals surface area contributed by atoms with E-state index in [1.54, 1.807) is 11.0 Å². The number of ether oxygens (including phenoxy) is 1. The number of benzene rings is 2. The van der Waals surface area contributed by atoms with Crippen LogP contribution in [0.25, 0.3) is 5.76 Å². The number of carbonyl (C=O) groups excluding carboxylic acids is 2. The predicted molar refractivity (Wildman–Crippen MR) is 115 cm³/mol. The topological polar surface area (TPSA) is 66.8 Å². The maximum absolute atomic E-state index is 13.1. The Labute approximate surface area is 177 Å². The van der Waals surface area contributed by atoms with Crippen LogP contribution in [0.3, 0.4) is 0 Å². The molecule has 2 aliphatic heterocycles. The van der Waals surface area contributed by atoms with Gasteiger partial charge in [-0.15, -0.1) is 0 Å². The molecule has 2 aliphatic rings. The minimum Gasteiger partial charge on any atom is -0.507 e. The fraction of sp³-hybridized carbons (Fsp3) is 0.360. The third kappa shape index (κ3) is 3.54. The normalized spacial score (nSPS) is 23.4. The summed E-state index contributed by atoms with van der Waals surface area (Å²) in [5, 5.41) is 11.2. The number of nitrogens with zero attached hydrogens (tertiary/aromatic N) is 1. The van der Waals surface area contributed by atoms with Crippen molar-refractivity contribution in [2.24, 2.45) is 0 Å². The van der Waals surface area contributed by atoms with Crippen LogP contribution in [-0.2, 0) is 14.3 Å². The molecular formula is C25H27NO4. The molecule has 2 aromatic carbocycles. The highest BCUT2D eigenvalue weighted by Gasteiger charge is 2.47. The summed E-state index contributed by atoms with van der Waals surface area (Å²) in [4.78, 5) is 27.7. The second kappa shape index (κ2) is 8.07. The molecule has 2 heterocycles. The zero-order chi connectivity index (χ0) is 21.4. The smallest absolute Gasteiger partial charge is 0.295 e. The van der Waals surface area contributed by atoms with E-state index in [4.69, 9.17) is 4.74 Å². The summed E-state index contributed by atoms with van der Waals surface area (Å²) >= 11 is 0. The van der Waals surface area contributed by atoms with Crippen molar-refractivity contribution in [3.05, 3.63) is 75.9 Å². The number of aryl methyl sites for hydroxylation is 3. The highest BCUT2D eigenvalue weighted by molar-refractivity contribution is 6.46. The standard InChI is InChI=1S/C25H27NO4/c1-15-10-11-18(13-17(15)3)23(27)21-22(20-9-5-4-7-16(20)2)26(25(29)24(21)28)14-19-8-6-12-30-19/h4-5,7,9-11,13,19,22,27H,6,8,12,14H2,1-3H3/b23-21+. The van der Waals surface area contributed by atoms with Crippen molar-refractivity contribution in [2.75, 3.05) is 13.2 Å². The molecule has 5 heteroatoms. The first kappa shape index (κ1) is 20.4. The highest BCUT2D eigenvalue weighted by atomic mass is 16.5. The molecule has 30 heavy (non-hydrogen) atoms. The summed E-state index contributed by atoms with van der Waals surface area (Å²) in [6, 6.07) is 12.6. The van der Waals surface area contributed by atoms with Crippen LogP contribution in [0.15, 0.2) is 48.0 Å². The summed E-state index contributed by atoms with van der Waals surface area (Å²) in [6.45, 7) is 6.92. The van der Waals surface area contributed by atoms with Gasteiger partial charge in [0.15, 0.2) is 0 Å². The van der Waals surface area contributed by atoms with Gasteiger partial charge in [0, 0.05) is 18.7 Å². The number of aliphatic hydroxyl groups is 1. The van der Waals surface area contributed by atoms with Crippen LogP contribution in [-0.4, -0.2) is 41.0 Å². The molecule has 4 rings (SSSR count). The van der Waals surface area contributed by atoms with Crippen molar-refractivity contribution in [2.45, 2.75) is 45.8 Å². The van der Waals surface area contributed by atoms with E-state index in [-0.39, 0.29) is 17.4 Å². The third-order valence-electron chi connectivity index (χ3n) is 6.23. The number of carbonyl (C=O) groups is 2. The zero-order valence-corrected chi connectivity index (χ0v) is 17.6. The molecule has 2 fully saturated rings. The van der Waals surface area contributed by atoms with E-state index in [1.165, 1.54) is 0 Å². The second-order valence-corrected chi connectivity index (χ2v) is 8.24. The van der Waals surface area contributed by atoms with Crippen LogP contribution < -0.4 is 0 Å². The van der Waals surface area contributed by atoms with Crippen LogP contribution in [0.1, 0.15) is 46.7 Å². The number of rotatable bonds is 4. The lowest BCUT2D eigenvalue weighted by molar-refractivity contribution is -0.140. The lowest BCUT2D eigenvalue weighted by Crippen LogP contribution is -2.36. The zero-order valence-electron chi connectivity index (χ0n) is 17.6. The van der Waals surface area contributed by atoms with Crippen molar-refractivity contribution in [3.63, 3.8) is 0 Å². The Morgan fingerprint density at radius 3 is 2.50 bits per heavy atom. The first-order valence-corrected chi connectivity index (χ1v) is 10.4. The van der Waals surface area contributed by atoms with Gasteiger partial charge < -0.3 is 14.7 Å². The molecular weight excluding hydrogens is 378 g/mol. The predicted octanol–water partition coefficient (Wildman–Crippen LogP) is 4.21. The number of amides is 1. The van der Waals surface area contributed by atoms with Gasteiger partial charge in [-0.2, -0.15) is 0 Å². The summed E-state index contributed by atoms with van der Waals surface area (Å²) in [7, 11) is 0. The number of ketones is 1. The molecule has 5 nitrogen and oxygen atoms in total. The van der Waals surface area contributed by atoms with Gasteiger partial charge in [0.2, 0.25) is 0 Å². The van der Waals surface area contributed by atoms with Gasteiger partial charge in [0.05, 0.1) is 17.7 Å². The maximum atomic E-state index is 13.1. The van der Waals surface area contributed by atoms with E-state index in [9.17, 15) is 14.7 Å². The minimum absolute atomic E-state index is 0.0867. The minimum atomic E-state index is -0.642. The fourth-order valence-corrected chi connectivity index (χ4v) is 4.34. The Bertz CT molecular complexity index is 1030. The van der Waals surface area contributed by atoms with Gasteiger partial charge in [-0.3, -0.25) is 9.59 Å². The number of likely N-dealkylation sites (tertiary alicyclic amines) is 1. The van der Waals surface area contributed by atoms with Crippen LogP contribution in [0, 0.1) is 20.8 Å². The first-order valence-electron chi connectivity index (χ1n) is 10.4. The Kier molecular flexibility index (Phi) is 5.48. The molecule has 2 aromatic rings. The summed E-state index contributed by atoms with van der Waals surface area (Å²) < 4.78 is 5.74. The van der Waals surface area contributed by atoms with Gasteiger partial charge in [0.25, 0.3) is 11.7 Å². The summed E-state index contributed by atoms with van der Waals surface area (Å²) in [6.07, 6.45) is 1.73. The van der Waals surface area contributed by atoms with Gasteiger partial charge in [-0.05, 0) is 61.9 Å². The average molecular weight is 405 g/mol. The molecule has 0 aliphatic carbocycles. The molecule has 2 atom stereocenters. The number of hydrogen-bond acceptors (Lipinski definition) is 4. The van der Waals surface area contributed by atoms with Crippen molar-refractivity contribution in [1.82, 2.24) is 4.90 Å². The molecule has 2 unspecified atom stereocenters. The van der Waals surface area contributed by atoms with E-state index >= 15 is 0 Å². The quantitative estimate of drug-likeness (QED) is 0.470. The largest absolute Gasteiger partial charge is 0.507 e. The number of Topliss-reactive ketones (excluding diaryl/α,β-unsaturated/α-hetero) is 1. The molecule has 2 saturated heterocycles. The SMILES string of the molecule is Cc1ccc(/C(O)=C2\C(=O)C(=O)N(CC3CCCO3)C2c2ccccc2C)cc1C. The number of hydrogen-bond donors (Lipinski definition) is 1. The first-order chi connectivity index (χ1) is 14.4. The van der Waals surface area contributed by atoms with Gasteiger partial charge >= 0.3 is 0 Å². The van der Waals surface area contributed by atoms with E-state index in [0.29, 0.717) is 18.7 Å². The van der Waals surface area contributed by atoms with Gasteiger partial charge in [-0.25, -0.2) is 0 Å². The van der Waals surface area contributed by atoms with E-state index in [1.807, 2.05) is 57.2 Å². The van der Waals surface area contributed by atoms with Crippen LogP contribution in [0.2, 0.25) is 0 Å². The molecule has 0 spiro atoms. The highest BCUT2D eigenvalue weighted by Crippen LogP contribution is 2.41. The van der Waals surface area contributed by atoms with Crippen LogP contribution in [0.4, 0.5) is 0 Å². The molecule has 0 radical (unpaired) electrons. The third-order valence-corrected chi connectivity index (χ3v) is 6.23. The summed E-state index contributed by atoms with van der Waals surface area (Å²) in [5.41, 5.74) is 4.62. The molecule has 0 aromatic heterocycles. The van der Waals surface area contributed by atoms with Crippen molar-refractivity contribution < 1.29 is 19.4 Å². The Morgan fingerprint density at radius 1 is 1.07 bits per heavy atom. The van der Waals surface area contributed by atoms with Crippen LogP contribution >= 0.6 is 0 Å². The second-order valence-electron chi connectivity index (χ2n) is 8.24. The van der Waals surface area contributed by atoms with Gasteiger partial charge in [0.1, 0.15) is 5.76 Å². The van der Waals surface area contributed by atoms with E-state index in [2.05, 4.69) is 0 Å². The summed E-state index contributed by atoms with van der Waals surface area (Å²) in [5.74, 6) is -1.35. The number of aliphatic hydroxyl groups excluding tert-OH is 1. The molecule has 156 valence electrons. The molecule has 1 amide bonds. The molecule has 0 bridgehead atoms. The lowest BCUT2D eigenvalue weighted by Gasteiger charge is -2.28. The average Bonchev–Trinajstić information content (AvgIpc) is 3.32. The molecule has 0 saturated carbocycles. The molecule has 1 N–H and O–H groups in total. The Balaban J connectivity index is 1.86. The van der Waals surface area contributed by atoms with Crippen molar-refractivity contribution in [3.8, 4) is 0 Å². The van der Waals surface area contributed by atoms with E-state index in [0.717, 1.165) is 35.1 Å². The lowest BCUT2D eigenvalue weighted by atomic mass is 9.92. The fourth-order valence-electron chi connectivity index (χ4n) is 4.34.